The van der Waals surface area contributed by atoms with Gasteiger partial charge in [0.05, 0.1) is 18.4 Å². The van der Waals surface area contributed by atoms with Crippen molar-refractivity contribution < 1.29 is 14.3 Å². The first-order valence-electron chi connectivity index (χ1n) is 10.7. The maximum Gasteiger partial charge on any atom is 0.337 e. The first-order chi connectivity index (χ1) is 14.8. The summed E-state index contributed by atoms with van der Waals surface area (Å²) in [5.74, 6) is 0.680. The number of benzene rings is 2. The molecule has 3 rings (SSSR count). The number of carbonyl (C=O) groups is 1. The summed E-state index contributed by atoms with van der Waals surface area (Å²) in [6.07, 6.45) is 2.57. The maximum atomic E-state index is 11.8. The molecule has 162 valence electrons. The number of nitrogens with zero attached hydrogens (tertiary/aromatic N) is 1. The summed E-state index contributed by atoms with van der Waals surface area (Å²) in [6, 6.07) is 21.9. The van der Waals surface area contributed by atoms with Gasteiger partial charge < -0.3 is 9.47 Å². The van der Waals surface area contributed by atoms with E-state index in [9.17, 15) is 4.79 Å². The van der Waals surface area contributed by atoms with Crippen molar-refractivity contribution in [1.29, 1.82) is 0 Å². The average molecular weight is 418 g/mol. The van der Waals surface area contributed by atoms with Crippen molar-refractivity contribution in [3.05, 3.63) is 95.3 Å². The van der Waals surface area contributed by atoms with Gasteiger partial charge in [0.1, 0.15) is 11.9 Å². The monoisotopic (exact) mass is 417 g/mol. The lowest BCUT2D eigenvalue weighted by atomic mass is 9.72. The topological polar surface area (TPSA) is 48.4 Å². The standard InChI is InChI=1S/C27H31NO3/c1-6-24(23-9-7-8-18-28-23)31-22-16-14-20(15-17-22)25(27(2,3)4)19-10-12-21(13-11-19)26(29)30-5/h7-18,24-25H,6H2,1-5H3. The van der Waals surface area contributed by atoms with Gasteiger partial charge in [-0.2, -0.15) is 0 Å². The molecule has 0 radical (unpaired) electrons. The molecule has 0 fully saturated rings. The van der Waals surface area contributed by atoms with Gasteiger partial charge in [-0.25, -0.2) is 4.79 Å². The zero-order chi connectivity index (χ0) is 22.4. The number of hydrogen-bond donors (Lipinski definition) is 0. The van der Waals surface area contributed by atoms with Crippen LogP contribution < -0.4 is 4.74 Å². The van der Waals surface area contributed by atoms with Gasteiger partial charge in [-0.3, -0.25) is 4.98 Å². The second-order valence-corrected chi connectivity index (χ2v) is 8.75. The van der Waals surface area contributed by atoms with E-state index >= 15 is 0 Å². The van der Waals surface area contributed by atoms with E-state index in [4.69, 9.17) is 9.47 Å². The summed E-state index contributed by atoms with van der Waals surface area (Å²) in [6.45, 7) is 8.78. The molecule has 2 unspecified atom stereocenters. The molecule has 0 aliphatic carbocycles. The Morgan fingerprint density at radius 3 is 2.03 bits per heavy atom. The molecule has 0 spiro atoms. The molecular weight excluding hydrogens is 386 g/mol. The van der Waals surface area contributed by atoms with Crippen molar-refractivity contribution in [3.63, 3.8) is 0 Å². The second-order valence-electron chi connectivity index (χ2n) is 8.75. The summed E-state index contributed by atoms with van der Waals surface area (Å²) in [5.41, 5.74) is 3.86. The first-order valence-corrected chi connectivity index (χ1v) is 10.7. The lowest BCUT2D eigenvalue weighted by Gasteiger charge is -2.32. The van der Waals surface area contributed by atoms with Crippen molar-refractivity contribution in [2.45, 2.75) is 46.1 Å². The van der Waals surface area contributed by atoms with Crippen LogP contribution >= 0.6 is 0 Å². The molecular formula is C27H31NO3. The van der Waals surface area contributed by atoms with Crippen LogP contribution in [-0.4, -0.2) is 18.1 Å². The largest absolute Gasteiger partial charge is 0.484 e. The fourth-order valence-electron chi connectivity index (χ4n) is 3.94. The van der Waals surface area contributed by atoms with Crippen LogP contribution in [-0.2, 0) is 4.74 Å². The van der Waals surface area contributed by atoms with Crippen molar-refractivity contribution >= 4 is 5.97 Å². The minimum absolute atomic E-state index is 0.00489. The molecule has 3 aromatic rings. The number of rotatable bonds is 7. The fraction of sp³-hybridized carbons (Fsp3) is 0.333. The van der Waals surface area contributed by atoms with Gasteiger partial charge >= 0.3 is 5.97 Å². The smallest absolute Gasteiger partial charge is 0.337 e. The van der Waals surface area contributed by atoms with Crippen molar-refractivity contribution in [2.75, 3.05) is 7.11 Å². The lowest BCUT2D eigenvalue weighted by molar-refractivity contribution is 0.0600. The van der Waals surface area contributed by atoms with E-state index in [2.05, 4.69) is 44.8 Å². The highest BCUT2D eigenvalue weighted by Gasteiger charge is 2.28. The Hall–Kier alpha value is -3.14. The third kappa shape index (κ3) is 5.52. The van der Waals surface area contributed by atoms with Crippen LogP contribution in [0.25, 0.3) is 0 Å². The third-order valence-corrected chi connectivity index (χ3v) is 5.41. The van der Waals surface area contributed by atoms with E-state index in [1.165, 1.54) is 12.7 Å². The average Bonchev–Trinajstić information content (AvgIpc) is 2.78. The lowest BCUT2D eigenvalue weighted by Crippen LogP contribution is -2.20. The Morgan fingerprint density at radius 2 is 1.55 bits per heavy atom. The van der Waals surface area contributed by atoms with Crippen LogP contribution in [0.1, 0.15) is 73.3 Å². The molecule has 0 aliphatic rings. The molecule has 0 aliphatic heterocycles. The molecule has 0 saturated heterocycles. The van der Waals surface area contributed by atoms with Gasteiger partial charge in [0.2, 0.25) is 0 Å². The van der Waals surface area contributed by atoms with Gasteiger partial charge in [0, 0.05) is 12.1 Å². The number of methoxy groups -OCH3 is 1. The number of carbonyl (C=O) groups excluding carboxylic acids is 1. The molecule has 4 heteroatoms. The molecule has 2 aromatic carbocycles. The second kappa shape index (κ2) is 9.78. The van der Waals surface area contributed by atoms with Crippen LogP contribution in [0.4, 0.5) is 0 Å². The predicted molar refractivity (Wildman–Crippen MR) is 123 cm³/mol. The zero-order valence-electron chi connectivity index (χ0n) is 19.0. The van der Waals surface area contributed by atoms with Crippen molar-refractivity contribution in [2.24, 2.45) is 5.41 Å². The fourth-order valence-corrected chi connectivity index (χ4v) is 3.94. The van der Waals surface area contributed by atoms with E-state index in [1.807, 2.05) is 54.6 Å². The minimum atomic E-state index is -0.321. The molecule has 0 saturated carbocycles. The predicted octanol–water partition coefficient (Wildman–Crippen LogP) is 6.58. The highest BCUT2D eigenvalue weighted by molar-refractivity contribution is 5.89. The Bertz CT molecular complexity index is 974. The van der Waals surface area contributed by atoms with Gasteiger partial charge in [-0.1, -0.05) is 58.0 Å². The molecule has 0 N–H and O–H groups in total. The molecule has 0 amide bonds. The molecule has 31 heavy (non-hydrogen) atoms. The van der Waals surface area contributed by atoms with Gasteiger partial charge in [0.25, 0.3) is 0 Å². The van der Waals surface area contributed by atoms with Gasteiger partial charge in [0.15, 0.2) is 0 Å². The normalized spacial score (nSPS) is 13.3. The highest BCUT2D eigenvalue weighted by atomic mass is 16.5. The van der Waals surface area contributed by atoms with Crippen LogP contribution in [0.3, 0.4) is 0 Å². The van der Waals surface area contributed by atoms with Gasteiger partial charge in [-0.15, -0.1) is 0 Å². The summed E-state index contributed by atoms with van der Waals surface area (Å²) in [7, 11) is 1.40. The number of aromatic nitrogens is 1. The third-order valence-electron chi connectivity index (χ3n) is 5.41. The maximum absolute atomic E-state index is 11.8. The Morgan fingerprint density at radius 1 is 0.935 bits per heavy atom. The van der Waals surface area contributed by atoms with E-state index in [0.717, 1.165) is 23.4 Å². The number of hydrogen-bond acceptors (Lipinski definition) is 4. The Labute approximate surface area is 185 Å². The molecule has 4 nitrogen and oxygen atoms in total. The van der Waals surface area contributed by atoms with E-state index in [0.29, 0.717) is 5.56 Å². The number of pyridine rings is 1. The van der Waals surface area contributed by atoms with Crippen LogP contribution in [0, 0.1) is 5.41 Å². The van der Waals surface area contributed by atoms with Crippen LogP contribution in [0.2, 0.25) is 0 Å². The summed E-state index contributed by atoms with van der Waals surface area (Å²) < 4.78 is 11.0. The minimum Gasteiger partial charge on any atom is -0.484 e. The number of ether oxygens (including phenoxy) is 2. The van der Waals surface area contributed by atoms with Crippen LogP contribution in [0.15, 0.2) is 72.9 Å². The zero-order valence-corrected chi connectivity index (χ0v) is 19.0. The highest BCUT2D eigenvalue weighted by Crippen LogP contribution is 2.41. The number of esters is 1. The molecule has 2 atom stereocenters. The van der Waals surface area contributed by atoms with Crippen molar-refractivity contribution in [1.82, 2.24) is 4.98 Å². The van der Waals surface area contributed by atoms with Gasteiger partial charge in [-0.05, 0) is 59.4 Å². The van der Waals surface area contributed by atoms with E-state index < -0.39 is 0 Å². The van der Waals surface area contributed by atoms with Crippen LogP contribution in [0.5, 0.6) is 5.75 Å². The first kappa shape index (κ1) is 22.5. The van der Waals surface area contributed by atoms with Crippen molar-refractivity contribution in [3.8, 4) is 5.75 Å². The van der Waals surface area contributed by atoms with E-state index in [-0.39, 0.29) is 23.4 Å². The Kier molecular flexibility index (Phi) is 7.11. The molecule has 1 aromatic heterocycles. The summed E-state index contributed by atoms with van der Waals surface area (Å²) >= 11 is 0. The van der Waals surface area contributed by atoms with E-state index in [1.54, 1.807) is 6.20 Å². The SMILES string of the molecule is CCC(Oc1ccc(C(c2ccc(C(=O)OC)cc2)C(C)(C)C)cc1)c1ccccn1. The molecule has 1 heterocycles. The molecule has 0 bridgehead atoms. The quantitative estimate of drug-likeness (QED) is 0.408. The summed E-state index contributed by atoms with van der Waals surface area (Å²) in [4.78, 5) is 16.2. The summed E-state index contributed by atoms with van der Waals surface area (Å²) in [5, 5.41) is 0. The Balaban J connectivity index is 1.84.